The monoisotopic (exact) mass is 336 g/mol. The molecule has 0 fully saturated rings. The van der Waals surface area contributed by atoms with Crippen LogP contribution < -0.4 is 19.6 Å². The molecule has 0 aromatic carbocycles. The minimum absolute atomic E-state index is 0. The molecule has 88 valence electrons. The Hall–Kier alpha value is 2.40. The van der Waals surface area contributed by atoms with Gasteiger partial charge in [0.2, 0.25) is 0 Å². The van der Waals surface area contributed by atoms with Crippen LogP contribution in [0.1, 0.15) is 0 Å². The Morgan fingerprint density at radius 2 is 1.06 bits per heavy atom. The van der Waals surface area contributed by atoms with Crippen LogP contribution in [-0.2, 0) is 18.0 Å². The zero-order valence-electron chi connectivity index (χ0n) is 7.36. The minimum Gasteiger partial charge on any atom is -0.822 e. The summed E-state index contributed by atoms with van der Waals surface area (Å²) in [6.45, 7) is 0. The predicted octanol–water partition coefficient (Wildman–Crippen LogP) is -5.03. The third-order valence-corrected chi connectivity index (χ3v) is 1.89. The number of phosphoric acid groups is 3. The molecule has 1 unspecified atom stereocenters. The van der Waals surface area contributed by atoms with Gasteiger partial charge in [-0.05, 0) is 0 Å². The van der Waals surface area contributed by atoms with E-state index in [0.717, 1.165) is 0 Å². The predicted molar refractivity (Wildman–Crippen MR) is 42.1 cm³/mol. The third kappa shape index (κ3) is 55.1. The van der Waals surface area contributed by atoms with Gasteiger partial charge in [-0.2, -0.15) is 7.82 Å². The summed E-state index contributed by atoms with van der Waals surface area (Å²) in [4.78, 5) is 58.2. The first-order chi connectivity index (χ1) is 5.71. The number of hydrogen-bond donors (Lipinski definition) is 3. The Morgan fingerprint density at radius 3 is 1.06 bits per heavy atom. The second-order valence-electron chi connectivity index (χ2n) is 1.49. The van der Waals surface area contributed by atoms with E-state index >= 15 is 0 Å². The van der Waals surface area contributed by atoms with Crippen LogP contribution in [0.25, 0.3) is 0 Å². The molecule has 0 amide bonds. The number of hydrogen-bond acceptors (Lipinski definition) is 8. The van der Waals surface area contributed by atoms with Crippen LogP contribution in [0.3, 0.4) is 0 Å². The molecule has 0 saturated heterocycles. The van der Waals surface area contributed by atoms with Crippen molar-refractivity contribution in [2.45, 2.75) is 0 Å². The molecule has 0 aromatic rings. The van der Waals surface area contributed by atoms with Crippen molar-refractivity contribution in [1.29, 1.82) is 0 Å². The summed E-state index contributed by atoms with van der Waals surface area (Å²) in [5.41, 5.74) is 0. The molecule has 0 bridgehead atoms. The summed E-state index contributed by atoms with van der Waals surface area (Å²) < 4.78 is 30.5. The zero-order valence-corrected chi connectivity index (χ0v) is 13.7. The summed E-state index contributed by atoms with van der Waals surface area (Å²) in [6.07, 6.45) is 0. The van der Waals surface area contributed by atoms with Crippen LogP contribution in [-0.4, -0.2) is 75.5 Å². The van der Waals surface area contributed by atoms with Crippen molar-refractivity contribution in [2.75, 3.05) is 0 Å². The SMILES string of the molecule is O=P([O-])(O)OP(=O)(O)O.O=P([O-])([O-])[O-].[Ca+2].[Mg+2]. The van der Waals surface area contributed by atoms with E-state index in [2.05, 4.69) is 4.31 Å². The van der Waals surface area contributed by atoms with Gasteiger partial charge in [-0.1, -0.05) is 0 Å². The fraction of sp³-hybridized carbons (Fsp3) is 0. The smallest absolute Gasteiger partial charge is 0.822 e. The molecule has 0 saturated carbocycles. The van der Waals surface area contributed by atoms with Crippen molar-refractivity contribution >= 4 is 84.3 Å². The molecule has 11 nitrogen and oxygen atoms in total. The molecule has 3 N–H and O–H groups in total. The van der Waals surface area contributed by atoms with E-state index < -0.39 is 23.5 Å². The van der Waals surface area contributed by atoms with Gasteiger partial charge in [0.25, 0.3) is 7.82 Å². The summed E-state index contributed by atoms with van der Waals surface area (Å²) in [5.74, 6) is 0. The molecule has 0 aromatic heterocycles. The van der Waals surface area contributed by atoms with Crippen molar-refractivity contribution in [2.24, 2.45) is 0 Å². The fourth-order valence-corrected chi connectivity index (χ4v) is 1.21. The molecular formula is H3CaMgO11P3. The van der Waals surface area contributed by atoms with Gasteiger partial charge in [-0.25, -0.2) is 8.88 Å². The quantitative estimate of drug-likeness (QED) is 0.320. The van der Waals surface area contributed by atoms with Crippen LogP contribution in [0.4, 0.5) is 0 Å². The second-order valence-corrected chi connectivity index (χ2v) is 4.95. The molecule has 0 aliphatic rings. The molecule has 0 spiro atoms. The van der Waals surface area contributed by atoms with E-state index in [-0.39, 0.29) is 60.8 Å². The van der Waals surface area contributed by atoms with Crippen LogP contribution in [0.15, 0.2) is 0 Å². The van der Waals surface area contributed by atoms with Crippen molar-refractivity contribution < 1.29 is 52.3 Å². The first-order valence-corrected chi connectivity index (χ1v) is 6.73. The van der Waals surface area contributed by atoms with E-state index in [1.54, 1.807) is 0 Å². The molecule has 0 heterocycles. The van der Waals surface area contributed by atoms with E-state index in [0.29, 0.717) is 0 Å². The zero-order chi connectivity index (χ0) is 12.2. The van der Waals surface area contributed by atoms with Gasteiger partial charge in [0.05, 0.1) is 0 Å². The van der Waals surface area contributed by atoms with Crippen molar-refractivity contribution in [3.05, 3.63) is 0 Å². The van der Waals surface area contributed by atoms with Crippen LogP contribution in [0.5, 0.6) is 0 Å². The molecule has 0 rings (SSSR count). The van der Waals surface area contributed by atoms with Crippen molar-refractivity contribution in [3.8, 4) is 0 Å². The second kappa shape index (κ2) is 10.2. The molecular weight excluding hydrogens is 333 g/mol. The van der Waals surface area contributed by atoms with Gasteiger partial charge in [0, 0.05) is 0 Å². The van der Waals surface area contributed by atoms with Crippen LogP contribution >= 0.6 is 23.5 Å². The van der Waals surface area contributed by atoms with Gasteiger partial charge in [0.1, 0.15) is 0 Å². The summed E-state index contributed by atoms with van der Waals surface area (Å²) >= 11 is 0. The van der Waals surface area contributed by atoms with Gasteiger partial charge in [-0.15, -0.1) is 0 Å². The van der Waals surface area contributed by atoms with Gasteiger partial charge in [0.15, 0.2) is 0 Å². The maximum Gasteiger partial charge on any atom is 2.00 e. The summed E-state index contributed by atoms with van der Waals surface area (Å²) in [7, 11) is -15.8. The van der Waals surface area contributed by atoms with E-state index in [4.69, 9.17) is 33.9 Å². The molecule has 0 radical (unpaired) electrons. The average Bonchev–Trinajstić information content (AvgIpc) is 1.42. The van der Waals surface area contributed by atoms with Crippen LogP contribution in [0, 0.1) is 0 Å². The topological polar surface area (TPSA) is 213 Å². The standard InChI is InChI=1S/Ca.Mg.H4O7P2.H3O4P/c;;1-8(2,3)7-9(4,5)6;1-5(2,3)4/h;;(H2,1,2,3)(H2,4,5,6);(H3,1,2,3,4)/q2*+2;;/p-4. The Kier molecular flexibility index (Phi) is 17.2. The van der Waals surface area contributed by atoms with E-state index in [1.807, 2.05) is 0 Å². The Bertz CT molecular complexity index is 264. The van der Waals surface area contributed by atoms with Gasteiger partial charge < -0.3 is 38.8 Å². The first kappa shape index (κ1) is 26.9. The van der Waals surface area contributed by atoms with Gasteiger partial charge in [-0.3, -0.25) is 4.57 Å². The Balaban J connectivity index is -0.0000000904. The van der Waals surface area contributed by atoms with Crippen molar-refractivity contribution in [3.63, 3.8) is 0 Å². The van der Waals surface area contributed by atoms with Gasteiger partial charge >= 0.3 is 68.6 Å². The van der Waals surface area contributed by atoms with E-state index in [1.165, 1.54) is 0 Å². The molecule has 0 aliphatic carbocycles. The Labute approximate surface area is 135 Å². The Morgan fingerprint density at radius 1 is 0.875 bits per heavy atom. The molecule has 16 heteroatoms. The largest absolute Gasteiger partial charge is 2.00 e. The maximum absolute atomic E-state index is 9.59. The molecule has 0 aliphatic heterocycles. The summed E-state index contributed by atoms with van der Waals surface area (Å²) in [5, 5.41) is 0. The fourth-order valence-electron chi connectivity index (χ4n) is 0.134. The average molecular weight is 336 g/mol. The van der Waals surface area contributed by atoms with Crippen molar-refractivity contribution in [1.82, 2.24) is 0 Å². The first-order valence-electron chi connectivity index (χ1n) is 2.24. The maximum atomic E-state index is 9.59. The number of rotatable bonds is 2. The normalized spacial score (nSPS) is 14.4. The molecule has 1 atom stereocenters. The third-order valence-electron chi connectivity index (χ3n) is 0.210. The molecule has 16 heavy (non-hydrogen) atoms. The van der Waals surface area contributed by atoms with Crippen LogP contribution in [0.2, 0.25) is 0 Å². The minimum atomic E-state index is -5.39. The summed E-state index contributed by atoms with van der Waals surface area (Å²) in [6, 6.07) is 0. The van der Waals surface area contributed by atoms with E-state index in [9.17, 15) is 14.0 Å².